The van der Waals surface area contributed by atoms with Crippen molar-refractivity contribution in [3.05, 3.63) is 59.9 Å². The second-order valence-corrected chi connectivity index (χ2v) is 9.75. The van der Waals surface area contributed by atoms with Gasteiger partial charge < -0.3 is 9.64 Å². The van der Waals surface area contributed by atoms with Crippen molar-refractivity contribution in [1.82, 2.24) is 14.2 Å². The summed E-state index contributed by atoms with van der Waals surface area (Å²) in [6, 6.07) is 11.1. The molecule has 0 unspecified atom stereocenters. The summed E-state index contributed by atoms with van der Waals surface area (Å²) in [6.07, 6.45) is 4.36. The van der Waals surface area contributed by atoms with E-state index in [0.717, 1.165) is 12.0 Å². The van der Waals surface area contributed by atoms with E-state index in [4.69, 9.17) is 4.74 Å². The molecular weight excluding hydrogens is 418 g/mol. The standard InChI is InChI=1S/C22H25N3O5S/c26-21(24-11-7-17-4-1-2-5-19(17)15-24)16-30-22(27)18-8-12-25(13-9-18)31(28,29)20-6-3-10-23-14-20/h1-6,10,14,18H,7-9,11-13,15-16H2. The Hall–Kier alpha value is -2.78. The van der Waals surface area contributed by atoms with Gasteiger partial charge in [-0.25, -0.2) is 8.42 Å². The second-order valence-electron chi connectivity index (χ2n) is 7.81. The number of carbonyl (C=O) groups excluding carboxylic acids is 2. The van der Waals surface area contributed by atoms with Crippen molar-refractivity contribution in [2.75, 3.05) is 26.2 Å². The highest BCUT2D eigenvalue weighted by atomic mass is 32.2. The predicted octanol–water partition coefficient (Wildman–Crippen LogP) is 1.61. The summed E-state index contributed by atoms with van der Waals surface area (Å²) in [5.74, 6) is -1.06. The van der Waals surface area contributed by atoms with Crippen LogP contribution in [0.3, 0.4) is 0 Å². The summed E-state index contributed by atoms with van der Waals surface area (Å²) in [6.45, 7) is 1.31. The number of hydrogen-bond acceptors (Lipinski definition) is 6. The first-order valence-corrected chi connectivity index (χ1v) is 11.8. The van der Waals surface area contributed by atoms with Gasteiger partial charge in [-0.15, -0.1) is 0 Å². The second kappa shape index (κ2) is 9.15. The average molecular weight is 444 g/mol. The van der Waals surface area contributed by atoms with E-state index in [2.05, 4.69) is 11.1 Å². The van der Waals surface area contributed by atoms with Gasteiger partial charge in [0.2, 0.25) is 10.0 Å². The lowest BCUT2D eigenvalue weighted by atomic mass is 9.98. The van der Waals surface area contributed by atoms with Crippen molar-refractivity contribution < 1.29 is 22.7 Å². The maximum Gasteiger partial charge on any atom is 0.309 e. The smallest absolute Gasteiger partial charge is 0.309 e. The number of hydrogen-bond donors (Lipinski definition) is 0. The van der Waals surface area contributed by atoms with E-state index < -0.39 is 21.9 Å². The first-order chi connectivity index (χ1) is 14.9. The van der Waals surface area contributed by atoms with E-state index in [0.29, 0.717) is 25.9 Å². The molecule has 2 aliphatic rings. The molecule has 0 N–H and O–H groups in total. The molecule has 4 rings (SSSR count). The van der Waals surface area contributed by atoms with Gasteiger partial charge in [-0.3, -0.25) is 14.6 Å². The molecule has 0 saturated carbocycles. The molecule has 164 valence electrons. The van der Waals surface area contributed by atoms with Crippen molar-refractivity contribution in [3.63, 3.8) is 0 Å². The van der Waals surface area contributed by atoms with Crippen LogP contribution in [-0.4, -0.2) is 60.7 Å². The largest absolute Gasteiger partial charge is 0.455 e. The zero-order valence-electron chi connectivity index (χ0n) is 17.1. The van der Waals surface area contributed by atoms with E-state index in [1.807, 2.05) is 18.2 Å². The van der Waals surface area contributed by atoms with Crippen LogP contribution in [0.4, 0.5) is 0 Å². The molecule has 0 bridgehead atoms. The van der Waals surface area contributed by atoms with Gasteiger partial charge in [0.25, 0.3) is 5.91 Å². The Kier molecular flexibility index (Phi) is 6.33. The van der Waals surface area contributed by atoms with Gasteiger partial charge in [-0.05, 0) is 42.5 Å². The number of carbonyl (C=O) groups is 2. The van der Waals surface area contributed by atoms with Crippen LogP contribution >= 0.6 is 0 Å². The maximum atomic E-state index is 12.7. The zero-order valence-corrected chi connectivity index (χ0v) is 18.0. The molecule has 0 radical (unpaired) electrons. The number of ether oxygens (including phenoxy) is 1. The number of rotatable bonds is 5. The van der Waals surface area contributed by atoms with Gasteiger partial charge in [0.05, 0.1) is 5.92 Å². The molecule has 2 aliphatic heterocycles. The molecule has 8 nitrogen and oxygen atoms in total. The van der Waals surface area contributed by atoms with Crippen LogP contribution < -0.4 is 0 Å². The fraction of sp³-hybridized carbons (Fsp3) is 0.409. The lowest BCUT2D eigenvalue weighted by Gasteiger charge is -2.31. The van der Waals surface area contributed by atoms with Gasteiger partial charge in [0.1, 0.15) is 4.90 Å². The van der Waals surface area contributed by atoms with Crippen LogP contribution in [-0.2, 0) is 37.3 Å². The van der Waals surface area contributed by atoms with Gasteiger partial charge in [-0.2, -0.15) is 4.31 Å². The number of piperidine rings is 1. The molecule has 31 heavy (non-hydrogen) atoms. The molecule has 0 spiro atoms. The lowest BCUT2D eigenvalue weighted by Crippen LogP contribution is -2.42. The van der Waals surface area contributed by atoms with E-state index in [1.165, 1.54) is 28.3 Å². The van der Waals surface area contributed by atoms with Crippen LogP contribution in [0.5, 0.6) is 0 Å². The first-order valence-electron chi connectivity index (χ1n) is 10.4. The lowest BCUT2D eigenvalue weighted by molar-refractivity contribution is -0.156. The normalized spacial score (nSPS) is 17.7. The van der Waals surface area contributed by atoms with E-state index in [9.17, 15) is 18.0 Å². The molecule has 0 atom stereocenters. The highest BCUT2D eigenvalue weighted by Gasteiger charge is 2.33. The van der Waals surface area contributed by atoms with Gasteiger partial charge in [0.15, 0.2) is 6.61 Å². The zero-order chi connectivity index (χ0) is 21.8. The molecular formula is C22H25N3O5S. The Balaban J connectivity index is 1.26. The van der Waals surface area contributed by atoms with Crippen molar-refractivity contribution in [2.45, 2.75) is 30.7 Å². The Bertz CT molecular complexity index is 1050. The van der Waals surface area contributed by atoms with Crippen LogP contribution in [0.1, 0.15) is 24.0 Å². The van der Waals surface area contributed by atoms with Crippen molar-refractivity contribution in [3.8, 4) is 0 Å². The predicted molar refractivity (Wildman–Crippen MR) is 112 cm³/mol. The minimum Gasteiger partial charge on any atom is -0.455 e. The Morgan fingerprint density at radius 2 is 1.77 bits per heavy atom. The number of esters is 1. The SMILES string of the molecule is O=C(OCC(=O)N1CCc2ccccc2C1)C1CCN(S(=O)(=O)c2cccnc2)CC1. The summed E-state index contributed by atoms with van der Waals surface area (Å²) in [4.78, 5) is 30.6. The molecule has 3 heterocycles. The number of aromatic nitrogens is 1. The summed E-state index contributed by atoms with van der Waals surface area (Å²) >= 11 is 0. The Morgan fingerprint density at radius 1 is 1.03 bits per heavy atom. The van der Waals surface area contributed by atoms with Crippen LogP contribution in [0.2, 0.25) is 0 Å². The van der Waals surface area contributed by atoms with E-state index >= 15 is 0 Å². The van der Waals surface area contributed by atoms with Gasteiger partial charge in [0, 0.05) is 38.6 Å². The minimum absolute atomic E-state index is 0.143. The monoisotopic (exact) mass is 443 g/mol. The third-order valence-corrected chi connectivity index (χ3v) is 7.76. The van der Waals surface area contributed by atoms with Gasteiger partial charge in [-0.1, -0.05) is 24.3 Å². The molecule has 1 aromatic heterocycles. The number of pyridine rings is 1. The number of fused-ring (bicyclic) bond motifs is 1. The summed E-state index contributed by atoms with van der Waals surface area (Å²) in [7, 11) is -3.62. The maximum absolute atomic E-state index is 12.7. The van der Waals surface area contributed by atoms with Crippen LogP contribution in [0.15, 0.2) is 53.7 Å². The fourth-order valence-corrected chi connectivity index (χ4v) is 5.47. The molecule has 9 heteroatoms. The average Bonchev–Trinajstić information content (AvgIpc) is 2.82. The topological polar surface area (TPSA) is 96.9 Å². The minimum atomic E-state index is -3.62. The van der Waals surface area contributed by atoms with E-state index in [1.54, 1.807) is 11.0 Å². The fourth-order valence-electron chi connectivity index (χ4n) is 4.03. The Morgan fingerprint density at radius 3 is 2.48 bits per heavy atom. The molecule has 0 aliphatic carbocycles. The van der Waals surface area contributed by atoms with Crippen LogP contribution in [0.25, 0.3) is 0 Å². The third kappa shape index (κ3) is 4.77. The highest BCUT2D eigenvalue weighted by molar-refractivity contribution is 7.89. The molecule has 1 aromatic carbocycles. The first kappa shape index (κ1) is 21.5. The third-order valence-electron chi connectivity index (χ3n) is 5.88. The van der Waals surface area contributed by atoms with Crippen molar-refractivity contribution in [1.29, 1.82) is 0 Å². The molecule has 1 amide bonds. The number of sulfonamides is 1. The van der Waals surface area contributed by atoms with Gasteiger partial charge >= 0.3 is 5.97 Å². The van der Waals surface area contributed by atoms with E-state index in [-0.39, 0.29) is 30.5 Å². The van der Waals surface area contributed by atoms with Crippen molar-refractivity contribution >= 4 is 21.9 Å². The number of nitrogens with zero attached hydrogens (tertiary/aromatic N) is 3. The summed E-state index contributed by atoms with van der Waals surface area (Å²) in [5.41, 5.74) is 2.37. The number of amides is 1. The summed E-state index contributed by atoms with van der Waals surface area (Å²) < 4.78 is 32.0. The Labute approximate surface area is 181 Å². The van der Waals surface area contributed by atoms with Crippen molar-refractivity contribution in [2.24, 2.45) is 5.92 Å². The molecule has 1 saturated heterocycles. The molecule has 1 fully saturated rings. The molecule has 2 aromatic rings. The van der Waals surface area contributed by atoms with Crippen LogP contribution in [0, 0.1) is 5.92 Å². The quantitative estimate of drug-likeness (QED) is 0.652. The number of benzene rings is 1. The summed E-state index contributed by atoms with van der Waals surface area (Å²) in [5, 5.41) is 0. The highest BCUT2D eigenvalue weighted by Crippen LogP contribution is 2.24.